The lowest BCUT2D eigenvalue weighted by molar-refractivity contribution is -0.139. The third-order valence-electron chi connectivity index (χ3n) is 8.70. The first-order valence-electron chi connectivity index (χ1n) is 13.3. The minimum atomic E-state index is -0.482. The molecule has 2 bridgehead atoms. The van der Waals surface area contributed by atoms with Crippen LogP contribution in [-0.4, -0.2) is 11.6 Å². The molecular weight excluding hydrogens is 496 g/mol. The number of fused-ring (bicyclic) bond motifs is 4. The molecule has 0 saturated carbocycles. The fourth-order valence-electron chi connectivity index (χ4n) is 6.85. The quantitative estimate of drug-likeness (QED) is 0.131. The summed E-state index contributed by atoms with van der Waals surface area (Å²) >= 11 is 1.84. The van der Waals surface area contributed by atoms with Gasteiger partial charge >= 0.3 is 0 Å². The van der Waals surface area contributed by atoms with E-state index in [-0.39, 0.29) is 11.6 Å². The third-order valence-corrected chi connectivity index (χ3v) is 9.83. The zero-order chi connectivity index (χ0) is 25.8. The van der Waals surface area contributed by atoms with Crippen molar-refractivity contribution < 1.29 is 9.59 Å². The topological polar surface area (TPSA) is 34.1 Å². The molecule has 3 aliphatic rings. The molecule has 182 valence electrons. The summed E-state index contributed by atoms with van der Waals surface area (Å²) in [6.07, 6.45) is 5.77. The minimum Gasteiger partial charge on any atom is -0.290 e. The molecule has 10 rings (SSSR count). The zero-order valence-corrected chi connectivity index (χ0v) is 21.6. The molecule has 3 aliphatic carbocycles. The van der Waals surface area contributed by atoms with Gasteiger partial charge in [-0.3, -0.25) is 9.59 Å². The van der Waals surface area contributed by atoms with Crippen molar-refractivity contribution >= 4 is 81.0 Å². The summed E-state index contributed by atoms with van der Waals surface area (Å²) in [6, 6.07) is 33.0. The molecule has 0 saturated heterocycles. The summed E-state index contributed by atoms with van der Waals surface area (Å²) in [5.41, 5.74) is 4.45. The first-order valence-corrected chi connectivity index (χ1v) is 14.1. The van der Waals surface area contributed by atoms with Gasteiger partial charge < -0.3 is 0 Å². The molecule has 0 N–H and O–H groups in total. The highest BCUT2D eigenvalue weighted by Crippen LogP contribution is 2.45. The Morgan fingerprint density at radius 2 is 1.23 bits per heavy atom. The van der Waals surface area contributed by atoms with Crippen molar-refractivity contribution in [2.75, 3.05) is 0 Å². The molecule has 39 heavy (non-hydrogen) atoms. The van der Waals surface area contributed by atoms with Crippen molar-refractivity contribution in [3.05, 3.63) is 115 Å². The second kappa shape index (κ2) is 7.49. The fraction of sp³-hybridized carbons (Fsp3) is 0.0556. The van der Waals surface area contributed by atoms with E-state index in [1.807, 2.05) is 29.6 Å². The molecule has 0 aliphatic heterocycles. The van der Waals surface area contributed by atoms with Gasteiger partial charge in [-0.2, -0.15) is 0 Å². The molecular formula is C36H20O2S. The maximum Gasteiger partial charge on any atom is 0.210 e. The summed E-state index contributed by atoms with van der Waals surface area (Å²) in [7, 11) is 0. The average Bonchev–Trinajstić information content (AvgIpc) is 3.36. The molecule has 7 aromatic rings. The van der Waals surface area contributed by atoms with Crippen LogP contribution in [0.1, 0.15) is 5.56 Å². The fourth-order valence-corrected chi connectivity index (χ4v) is 8.00. The largest absolute Gasteiger partial charge is 0.290 e. The van der Waals surface area contributed by atoms with Gasteiger partial charge in [-0.05, 0) is 66.7 Å². The molecule has 0 spiro atoms. The monoisotopic (exact) mass is 516 g/mol. The number of hydrogen-bond donors (Lipinski definition) is 0. The first-order chi connectivity index (χ1) is 19.2. The minimum absolute atomic E-state index is 0.287. The smallest absolute Gasteiger partial charge is 0.210 e. The summed E-state index contributed by atoms with van der Waals surface area (Å²) in [4.78, 5) is 25.1. The van der Waals surface area contributed by atoms with Crippen LogP contribution in [0.5, 0.6) is 0 Å². The highest BCUT2D eigenvalue weighted by molar-refractivity contribution is 7.25. The summed E-state index contributed by atoms with van der Waals surface area (Å²) in [6.45, 7) is 0. The number of Topliss-reactive ketones (excluding diaryl/α,β-unsaturated/α-hetero) is 2. The summed E-state index contributed by atoms with van der Waals surface area (Å²) in [5.74, 6) is -1.50. The average molecular weight is 517 g/mol. The number of allylic oxidation sites excluding steroid dienone is 4. The van der Waals surface area contributed by atoms with Gasteiger partial charge in [0.1, 0.15) is 0 Å². The number of carbonyl (C=O) groups excluding carboxylic acids is 2. The van der Waals surface area contributed by atoms with Crippen LogP contribution >= 0.6 is 11.3 Å². The van der Waals surface area contributed by atoms with Gasteiger partial charge in [-0.1, -0.05) is 97.1 Å². The summed E-state index contributed by atoms with van der Waals surface area (Å²) in [5, 5.41) is 9.84. The Morgan fingerprint density at radius 3 is 2.03 bits per heavy atom. The van der Waals surface area contributed by atoms with Crippen molar-refractivity contribution in [2.24, 2.45) is 11.8 Å². The number of benzene rings is 6. The number of hydrogen-bond acceptors (Lipinski definition) is 3. The van der Waals surface area contributed by atoms with E-state index in [1.54, 1.807) is 0 Å². The zero-order valence-electron chi connectivity index (χ0n) is 20.8. The van der Waals surface area contributed by atoms with E-state index in [9.17, 15) is 9.59 Å². The predicted octanol–water partition coefficient (Wildman–Crippen LogP) is 8.96. The van der Waals surface area contributed by atoms with Crippen molar-refractivity contribution in [3.63, 3.8) is 0 Å². The number of carbonyl (C=O) groups is 2. The normalized spacial score (nSPS) is 18.9. The van der Waals surface area contributed by atoms with Crippen molar-refractivity contribution in [3.8, 4) is 11.1 Å². The van der Waals surface area contributed by atoms with Crippen LogP contribution in [0.2, 0.25) is 0 Å². The maximum absolute atomic E-state index is 12.8. The van der Waals surface area contributed by atoms with E-state index in [2.05, 4.69) is 91.0 Å². The van der Waals surface area contributed by atoms with Gasteiger partial charge in [0.15, 0.2) is 0 Å². The second-order valence-electron chi connectivity index (χ2n) is 10.7. The molecule has 2 nitrogen and oxygen atoms in total. The number of thiophene rings is 1. The molecule has 0 amide bonds. The van der Waals surface area contributed by atoms with Crippen LogP contribution < -0.4 is 0 Å². The van der Waals surface area contributed by atoms with E-state index in [1.165, 1.54) is 58.2 Å². The Kier molecular flexibility index (Phi) is 4.10. The molecule has 6 aromatic carbocycles. The van der Waals surface area contributed by atoms with E-state index >= 15 is 0 Å². The molecule has 2 unspecified atom stereocenters. The van der Waals surface area contributed by atoms with Crippen molar-refractivity contribution in [1.82, 2.24) is 0 Å². The number of ketones is 2. The lowest BCUT2D eigenvalue weighted by Crippen LogP contribution is -2.36. The lowest BCUT2D eigenvalue weighted by Gasteiger charge is -2.29. The Hall–Kier alpha value is -4.60. The van der Waals surface area contributed by atoms with Crippen LogP contribution in [0.15, 0.2) is 109 Å². The summed E-state index contributed by atoms with van der Waals surface area (Å²) < 4.78 is 2.61. The Balaban J connectivity index is 1.29. The molecule has 2 atom stereocenters. The van der Waals surface area contributed by atoms with Gasteiger partial charge in [-0.25, -0.2) is 0 Å². The first kappa shape index (κ1) is 21.3. The number of rotatable bonds is 2. The van der Waals surface area contributed by atoms with E-state index in [4.69, 9.17) is 0 Å². The Morgan fingerprint density at radius 1 is 0.564 bits per heavy atom. The molecule has 3 heteroatoms. The van der Waals surface area contributed by atoms with Gasteiger partial charge in [0, 0.05) is 20.2 Å². The maximum atomic E-state index is 12.8. The highest BCUT2D eigenvalue weighted by atomic mass is 32.1. The standard InChI is InChI=1S/C36H20O2S/c37-35-22-10-16-29(36(35)38)30(17-22)24-12-6-20-7-14-27-23(11-5-19-8-15-28(24)34(20)33(19)27)21-9-13-26-25-3-1-2-4-31(25)39-32(26)18-21/h1-18,22,29H. The van der Waals surface area contributed by atoms with Gasteiger partial charge in [0.2, 0.25) is 11.6 Å². The van der Waals surface area contributed by atoms with Crippen molar-refractivity contribution in [1.29, 1.82) is 0 Å². The molecule has 1 aromatic heterocycles. The predicted molar refractivity (Wildman–Crippen MR) is 163 cm³/mol. The third kappa shape index (κ3) is 2.80. The van der Waals surface area contributed by atoms with Crippen LogP contribution in [0, 0.1) is 11.8 Å². The van der Waals surface area contributed by atoms with Crippen LogP contribution in [0.3, 0.4) is 0 Å². The lowest BCUT2D eigenvalue weighted by atomic mass is 9.72. The Labute approximate surface area is 227 Å². The van der Waals surface area contributed by atoms with Crippen molar-refractivity contribution in [2.45, 2.75) is 0 Å². The molecule has 1 heterocycles. The Bertz CT molecular complexity index is 2280. The van der Waals surface area contributed by atoms with Gasteiger partial charge in [0.05, 0.1) is 11.8 Å². The molecule has 0 fully saturated rings. The van der Waals surface area contributed by atoms with Crippen LogP contribution in [0.4, 0.5) is 0 Å². The van der Waals surface area contributed by atoms with E-state index < -0.39 is 11.8 Å². The molecule has 0 radical (unpaired) electrons. The van der Waals surface area contributed by atoms with E-state index in [0.717, 1.165) is 16.5 Å². The van der Waals surface area contributed by atoms with Crippen LogP contribution in [-0.2, 0) is 9.59 Å². The highest BCUT2D eigenvalue weighted by Gasteiger charge is 2.39. The SMILES string of the molecule is O=C1C(=O)C2C=CC1C=C2c1ccc2ccc3c(-c4ccc5c(c4)sc4ccccc45)ccc4ccc1c2c43. The van der Waals surface area contributed by atoms with Gasteiger partial charge in [0.25, 0.3) is 0 Å². The van der Waals surface area contributed by atoms with E-state index in [0.29, 0.717) is 0 Å². The van der Waals surface area contributed by atoms with Gasteiger partial charge in [-0.15, -0.1) is 11.3 Å². The van der Waals surface area contributed by atoms with Crippen LogP contribution in [0.25, 0.3) is 69.2 Å². The second-order valence-corrected chi connectivity index (χ2v) is 11.8.